The Morgan fingerprint density at radius 1 is 1.11 bits per heavy atom. The predicted molar refractivity (Wildman–Crippen MR) is 81.0 cm³/mol. The molecule has 1 heterocycles. The first-order valence-corrected chi connectivity index (χ1v) is 7.59. The molecule has 104 valence electrons. The maximum absolute atomic E-state index is 3.23. The zero-order valence-corrected chi connectivity index (χ0v) is 11.9. The Morgan fingerprint density at radius 3 is 2.53 bits per heavy atom. The van der Waals surface area contributed by atoms with Gasteiger partial charge in [-0.05, 0) is 37.4 Å². The van der Waals surface area contributed by atoms with Crippen molar-refractivity contribution in [2.45, 2.75) is 18.8 Å². The van der Waals surface area contributed by atoms with E-state index in [0.717, 1.165) is 12.5 Å². The number of likely N-dealkylation sites (N-methyl/N-ethyl adjacent to an activating group) is 1. The van der Waals surface area contributed by atoms with E-state index in [4.69, 9.17) is 0 Å². The van der Waals surface area contributed by atoms with Crippen molar-refractivity contribution in [1.82, 2.24) is 10.2 Å². The molecule has 1 saturated heterocycles. The van der Waals surface area contributed by atoms with E-state index in [9.17, 15) is 0 Å². The van der Waals surface area contributed by atoms with Crippen molar-refractivity contribution in [2.75, 3.05) is 51.2 Å². The highest BCUT2D eigenvalue weighted by atomic mass is 15.3. The Hall–Kier alpha value is -1.06. The van der Waals surface area contributed by atoms with Gasteiger partial charge in [-0.3, -0.25) is 4.90 Å². The highest BCUT2D eigenvalue weighted by Crippen LogP contribution is 2.44. The second kappa shape index (κ2) is 5.93. The number of benzene rings is 1. The van der Waals surface area contributed by atoms with E-state index < -0.39 is 0 Å². The van der Waals surface area contributed by atoms with Gasteiger partial charge in [0.05, 0.1) is 0 Å². The minimum absolute atomic E-state index is 0.846. The molecule has 1 saturated carbocycles. The van der Waals surface area contributed by atoms with Crippen LogP contribution in [0.3, 0.4) is 0 Å². The van der Waals surface area contributed by atoms with Gasteiger partial charge in [-0.2, -0.15) is 0 Å². The summed E-state index contributed by atoms with van der Waals surface area (Å²) in [6, 6.07) is 9.03. The molecule has 1 aliphatic carbocycles. The third-order valence-corrected chi connectivity index (χ3v) is 4.34. The smallest absolute Gasteiger partial charge is 0.0402 e. The molecular formula is C16H25N3. The lowest BCUT2D eigenvalue weighted by Crippen LogP contribution is -2.48. The molecule has 0 unspecified atom stereocenters. The van der Waals surface area contributed by atoms with E-state index in [0.29, 0.717) is 0 Å². The van der Waals surface area contributed by atoms with Gasteiger partial charge >= 0.3 is 0 Å². The summed E-state index contributed by atoms with van der Waals surface area (Å²) in [6.45, 7) is 7.01. The standard InChI is InChI=1S/C16H25N3/c1-17-8-9-18-10-12-19(13-11-18)16-5-3-2-4-15(16)14-6-7-14/h2-5,14,17H,6-13H2,1H3. The second-order valence-corrected chi connectivity index (χ2v) is 5.77. The molecule has 3 nitrogen and oxygen atoms in total. The van der Waals surface area contributed by atoms with E-state index in [1.54, 1.807) is 5.56 Å². The van der Waals surface area contributed by atoms with Gasteiger partial charge in [0, 0.05) is 45.0 Å². The molecule has 0 spiro atoms. The van der Waals surface area contributed by atoms with Gasteiger partial charge < -0.3 is 10.2 Å². The fraction of sp³-hybridized carbons (Fsp3) is 0.625. The lowest BCUT2D eigenvalue weighted by Gasteiger charge is -2.37. The van der Waals surface area contributed by atoms with E-state index in [1.165, 1.54) is 51.3 Å². The fourth-order valence-corrected chi connectivity index (χ4v) is 3.00. The molecule has 0 aromatic heterocycles. The molecule has 0 amide bonds. The van der Waals surface area contributed by atoms with Crippen LogP contribution in [0.4, 0.5) is 5.69 Å². The minimum atomic E-state index is 0.846. The molecule has 3 heteroatoms. The maximum Gasteiger partial charge on any atom is 0.0402 e. The quantitative estimate of drug-likeness (QED) is 0.871. The number of para-hydroxylation sites is 1. The van der Waals surface area contributed by atoms with Crippen LogP contribution < -0.4 is 10.2 Å². The molecule has 1 aliphatic heterocycles. The third kappa shape index (κ3) is 3.10. The summed E-state index contributed by atoms with van der Waals surface area (Å²) in [5.74, 6) is 0.846. The first kappa shape index (κ1) is 12.9. The summed E-state index contributed by atoms with van der Waals surface area (Å²) in [7, 11) is 2.03. The van der Waals surface area contributed by atoms with E-state index >= 15 is 0 Å². The lowest BCUT2D eigenvalue weighted by atomic mass is 10.1. The summed E-state index contributed by atoms with van der Waals surface area (Å²) in [5.41, 5.74) is 3.09. The zero-order chi connectivity index (χ0) is 13.1. The molecule has 3 rings (SSSR count). The number of hydrogen-bond donors (Lipinski definition) is 1. The summed E-state index contributed by atoms with van der Waals surface area (Å²) >= 11 is 0. The molecule has 2 fully saturated rings. The normalized spacial score (nSPS) is 20.8. The van der Waals surface area contributed by atoms with Gasteiger partial charge in [-0.25, -0.2) is 0 Å². The highest BCUT2D eigenvalue weighted by molar-refractivity contribution is 5.56. The number of nitrogens with one attached hydrogen (secondary N) is 1. The van der Waals surface area contributed by atoms with Crippen molar-refractivity contribution in [2.24, 2.45) is 0 Å². The summed E-state index contributed by atoms with van der Waals surface area (Å²) in [4.78, 5) is 5.15. The van der Waals surface area contributed by atoms with E-state index in [-0.39, 0.29) is 0 Å². The van der Waals surface area contributed by atoms with Crippen molar-refractivity contribution >= 4 is 5.69 Å². The van der Waals surface area contributed by atoms with Crippen LogP contribution in [0.15, 0.2) is 24.3 Å². The Morgan fingerprint density at radius 2 is 1.84 bits per heavy atom. The van der Waals surface area contributed by atoms with Crippen molar-refractivity contribution < 1.29 is 0 Å². The van der Waals surface area contributed by atoms with Gasteiger partial charge in [-0.15, -0.1) is 0 Å². The molecule has 1 aromatic rings. The number of anilines is 1. The highest BCUT2D eigenvalue weighted by Gasteiger charge is 2.28. The molecule has 2 aliphatic rings. The molecule has 0 atom stereocenters. The lowest BCUT2D eigenvalue weighted by molar-refractivity contribution is 0.259. The minimum Gasteiger partial charge on any atom is -0.369 e. The number of rotatable bonds is 5. The maximum atomic E-state index is 3.23. The topological polar surface area (TPSA) is 18.5 Å². The van der Waals surface area contributed by atoms with Crippen LogP contribution in [-0.4, -0.2) is 51.2 Å². The van der Waals surface area contributed by atoms with Crippen LogP contribution in [0.2, 0.25) is 0 Å². The first-order valence-electron chi connectivity index (χ1n) is 7.59. The van der Waals surface area contributed by atoms with Gasteiger partial charge in [0.25, 0.3) is 0 Å². The molecule has 0 radical (unpaired) electrons. The zero-order valence-electron chi connectivity index (χ0n) is 11.9. The van der Waals surface area contributed by atoms with Crippen LogP contribution in [0.25, 0.3) is 0 Å². The molecule has 1 aromatic carbocycles. The van der Waals surface area contributed by atoms with Crippen LogP contribution >= 0.6 is 0 Å². The first-order chi connectivity index (χ1) is 9.38. The molecule has 1 N–H and O–H groups in total. The van der Waals surface area contributed by atoms with Crippen LogP contribution in [-0.2, 0) is 0 Å². The number of piperazine rings is 1. The average Bonchev–Trinajstić information content (AvgIpc) is 3.30. The van der Waals surface area contributed by atoms with Crippen LogP contribution in [0, 0.1) is 0 Å². The Labute approximate surface area is 116 Å². The predicted octanol–water partition coefficient (Wildman–Crippen LogP) is 1.91. The fourth-order valence-electron chi connectivity index (χ4n) is 3.00. The van der Waals surface area contributed by atoms with Crippen LogP contribution in [0.1, 0.15) is 24.3 Å². The largest absolute Gasteiger partial charge is 0.369 e. The summed E-state index contributed by atoms with van der Waals surface area (Å²) in [5, 5.41) is 3.23. The Balaban J connectivity index is 1.62. The van der Waals surface area contributed by atoms with E-state index in [1.807, 2.05) is 7.05 Å². The second-order valence-electron chi connectivity index (χ2n) is 5.77. The van der Waals surface area contributed by atoms with Gasteiger partial charge in [0.1, 0.15) is 0 Å². The Bertz CT molecular complexity index is 406. The molecular weight excluding hydrogens is 234 g/mol. The third-order valence-electron chi connectivity index (χ3n) is 4.34. The average molecular weight is 259 g/mol. The van der Waals surface area contributed by atoms with Gasteiger partial charge in [0.15, 0.2) is 0 Å². The number of nitrogens with zero attached hydrogens (tertiary/aromatic N) is 2. The Kier molecular flexibility index (Phi) is 4.04. The van der Waals surface area contributed by atoms with Gasteiger partial charge in [-0.1, -0.05) is 18.2 Å². The van der Waals surface area contributed by atoms with Crippen molar-refractivity contribution in [1.29, 1.82) is 0 Å². The summed E-state index contributed by atoms with van der Waals surface area (Å²) in [6.07, 6.45) is 2.78. The van der Waals surface area contributed by atoms with Crippen LogP contribution in [0.5, 0.6) is 0 Å². The molecule has 19 heavy (non-hydrogen) atoms. The SMILES string of the molecule is CNCCN1CCN(c2ccccc2C2CC2)CC1. The van der Waals surface area contributed by atoms with Crippen molar-refractivity contribution in [3.63, 3.8) is 0 Å². The number of hydrogen-bond acceptors (Lipinski definition) is 3. The monoisotopic (exact) mass is 259 g/mol. The van der Waals surface area contributed by atoms with Crippen molar-refractivity contribution in [3.05, 3.63) is 29.8 Å². The van der Waals surface area contributed by atoms with Gasteiger partial charge in [0.2, 0.25) is 0 Å². The van der Waals surface area contributed by atoms with E-state index in [2.05, 4.69) is 39.4 Å². The summed E-state index contributed by atoms with van der Waals surface area (Å²) < 4.78 is 0. The van der Waals surface area contributed by atoms with Crippen molar-refractivity contribution in [3.8, 4) is 0 Å². The molecule has 0 bridgehead atoms.